The number of benzene rings is 1. The van der Waals surface area contributed by atoms with Gasteiger partial charge in [0.2, 0.25) is 0 Å². The van der Waals surface area contributed by atoms with Crippen molar-refractivity contribution in [1.29, 1.82) is 0 Å². The highest BCUT2D eigenvalue weighted by Crippen LogP contribution is 2.27. The summed E-state index contributed by atoms with van der Waals surface area (Å²) < 4.78 is 8.13. The number of fused-ring (bicyclic) bond motifs is 1. The average molecular weight is 469 g/mol. The molecule has 0 saturated heterocycles. The number of aromatic nitrogens is 2. The highest BCUT2D eigenvalue weighted by Gasteiger charge is 2.22. The van der Waals surface area contributed by atoms with Crippen molar-refractivity contribution in [1.82, 2.24) is 20.2 Å². The second kappa shape index (κ2) is 10.4. The van der Waals surface area contributed by atoms with Crippen LogP contribution in [-0.2, 0) is 13.0 Å². The van der Waals surface area contributed by atoms with Crippen molar-refractivity contribution in [2.75, 3.05) is 20.1 Å². The monoisotopic (exact) mass is 469 g/mol. The van der Waals surface area contributed by atoms with Crippen LogP contribution in [0.5, 0.6) is 5.75 Å². The lowest BCUT2D eigenvalue weighted by atomic mass is 10.1. The SMILES string of the molecule is CN=C(NCCCCn1ccnc1C)NCC1Cc2ccccc2O1.I. The van der Waals surface area contributed by atoms with Gasteiger partial charge in [-0.2, -0.15) is 0 Å². The van der Waals surface area contributed by atoms with Crippen molar-refractivity contribution >= 4 is 29.9 Å². The molecule has 0 radical (unpaired) electrons. The van der Waals surface area contributed by atoms with Gasteiger partial charge in [-0.15, -0.1) is 24.0 Å². The van der Waals surface area contributed by atoms with Gasteiger partial charge >= 0.3 is 0 Å². The minimum atomic E-state index is 0. The minimum Gasteiger partial charge on any atom is -0.488 e. The first-order chi connectivity index (χ1) is 12.3. The number of hydrogen-bond donors (Lipinski definition) is 2. The first-order valence-electron chi connectivity index (χ1n) is 8.93. The Kier molecular flexibility index (Phi) is 8.21. The quantitative estimate of drug-likeness (QED) is 0.284. The molecule has 0 saturated carbocycles. The van der Waals surface area contributed by atoms with E-state index >= 15 is 0 Å². The molecule has 142 valence electrons. The molecule has 26 heavy (non-hydrogen) atoms. The van der Waals surface area contributed by atoms with Crippen LogP contribution < -0.4 is 15.4 Å². The molecule has 6 nitrogen and oxygen atoms in total. The van der Waals surface area contributed by atoms with Crippen LogP contribution in [0.1, 0.15) is 24.2 Å². The molecule has 0 bridgehead atoms. The summed E-state index contributed by atoms with van der Waals surface area (Å²) in [5.41, 5.74) is 1.28. The van der Waals surface area contributed by atoms with Crippen LogP contribution >= 0.6 is 24.0 Å². The third-order valence-corrected chi connectivity index (χ3v) is 4.48. The summed E-state index contributed by atoms with van der Waals surface area (Å²) in [4.78, 5) is 8.52. The number of ether oxygens (including phenoxy) is 1. The zero-order chi connectivity index (χ0) is 17.5. The number of rotatable bonds is 7. The van der Waals surface area contributed by atoms with E-state index in [1.165, 1.54) is 5.56 Å². The van der Waals surface area contributed by atoms with Gasteiger partial charge in [0.15, 0.2) is 5.96 Å². The van der Waals surface area contributed by atoms with Crippen LogP contribution in [-0.4, -0.2) is 41.8 Å². The van der Waals surface area contributed by atoms with E-state index in [0.29, 0.717) is 0 Å². The lowest BCUT2D eigenvalue weighted by molar-refractivity contribution is 0.235. The molecule has 2 N–H and O–H groups in total. The Morgan fingerprint density at radius 2 is 2.15 bits per heavy atom. The molecule has 0 amide bonds. The fraction of sp³-hybridized carbons (Fsp3) is 0.474. The van der Waals surface area contributed by atoms with Crippen molar-refractivity contribution in [2.45, 2.75) is 38.8 Å². The molecule has 1 atom stereocenters. The van der Waals surface area contributed by atoms with Crippen LogP contribution in [0.3, 0.4) is 0 Å². The van der Waals surface area contributed by atoms with Crippen LogP contribution in [0.15, 0.2) is 41.7 Å². The Balaban J connectivity index is 0.00000243. The highest BCUT2D eigenvalue weighted by molar-refractivity contribution is 14.0. The van der Waals surface area contributed by atoms with E-state index in [9.17, 15) is 0 Å². The number of imidazole rings is 1. The summed E-state index contributed by atoms with van der Waals surface area (Å²) in [6.07, 6.45) is 7.20. The summed E-state index contributed by atoms with van der Waals surface area (Å²) in [5.74, 6) is 2.91. The molecule has 1 aromatic heterocycles. The Bertz CT molecular complexity index is 690. The van der Waals surface area contributed by atoms with Crippen LogP contribution in [0.4, 0.5) is 0 Å². The fourth-order valence-corrected chi connectivity index (χ4v) is 3.05. The van der Waals surface area contributed by atoms with Gasteiger partial charge in [0.05, 0.1) is 6.54 Å². The normalized spacial score (nSPS) is 15.8. The summed E-state index contributed by atoms with van der Waals surface area (Å²) >= 11 is 0. The maximum Gasteiger partial charge on any atom is 0.191 e. The van der Waals surface area contributed by atoms with Crippen LogP contribution in [0.25, 0.3) is 0 Å². The maximum absolute atomic E-state index is 5.94. The number of nitrogens with zero attached hydrogens (tertiary/aromatic N) is 3. The fourth-order valence-electron chi connectivity index (χ4n) is 3.05. The van der Waals surface area contributed by atoms with Crippen molar-refractivity contribution in [3.8, 4) is 5.75 Å². The first-order valence-corrected chi connectivity index (χ1v) is 8.93. The lowest BCUT2D eigenvalue weighted by Gasteiger charge is -2.15. The first kappa shape index (κ1) is 20.5. The molecule has 0 fully saturated rings. The predicted octanol–water partition coefficient (Wildman–Crippen LogP) is 2.76. The summed E-state index contributed by atoms with van der Waals surface area (Å²) in [6.45, 7) is 4.70. The lowest BCUT2D eigenvalue weighted by Crippen LogP contribution is -2.42. The second-order valence-corrected chi connectivity index (χ2v) is 6.31. The molecule has 1 unspecified atom stereocenters. The van der Waals surface area contributed by atoms with Gasteiger partial charge in [0.25, 0.3) is 0 Å². The molecule has 3 rings (SSSR count). The largest absolute Gasteiger partial charge is 0.488 e. The number of para-hydroxylation sites is 1. The molecule has 1 aromatic carbocycles. The average Bonchev–Trinajstić information content (AvgIpc) is 3.23. The van der Waals surface area contributed by atoms with Gasteiger partial charge in [0.1, 0.15) is 17.7 Å². The number of guanidine groups is 1. The highest BCUT2D eigenvalue weighted by atomic mass is 127. The zero-order valence-corrected chi connectivity index (χ0v) is 17.8. The van der Waals surface area contributed by atoms with Gasteiger partial charge < -0.3 is 19.9 Å². The predicted molar refractivity (Wildman–Crippen MR) is 116 cm³/mol. The standard InChI is InChI=1S/C19H27N5O.HI/c1-15-21-10-12-24(15)11-6-5-9-22-19(20-2)23-14-17-13-16-7-3-4-8-18(16)25-17;/h3-4,7-8,10,12,17H,5-6,9,11,13-14H2,1-2H3,(H2,20,22,23);1H. The van der Waals surface area contributed by atoms with Crippen LogP contribution in [0, 0.1) is 6.92 Å². The van der Waals surface area contributed by atoms with E-state index in [1.807, 2.05) is 31.5 Å². The number of aliphatic imine (C=N–C) groups is 1. The number of hydrogen-bond acceptors (Lipinski definition) is 3. The molecule has 2 heterocycles. The van der Waals surface area contributed by atoms with Gasteiger partial charge in [-0.25, -0.2) is 4.98 Å². The van der Waals surface area contributed by atoms with Gasteiger partial charge in [0, 0.05) is 39.0 Å². The maximum atomic E-state index is 5.94. The Morgan fingerprint density at radius 3 is 2.88 bits per heavy atom. The summed E-state index contributed by atoms with van der Waals surface area (Å²) in [6, 6.07) is 8.24. The van der Waals surface area contributed by atoms with Crippen molar-refractivity contribution in [3.63, 3.8) is 0 Å². The third kappa shape index (κ3) is 5.62. The Labute approximate surface area is 172 Å². The Hall–Kier alpha value is -1.77. The van der Waals surface area contributed by atoms with E-state index in [0.717, 1.165) is 56.4 Å². The van der Waals surface area contributed by atoms with E-state index in [2.05, 4.69) is 37.3 Å². The van der Waals surface area contributed by atoms with Crippen molar-refractivity contribution in [2.24, 2.45) is 4.99 Å². The molecule has 1 aliphatic rings. The van der Waals surface area contributed by atoms with Crippen molar-refractivity contribution in [3.05, 3.63) is 48.0 Å². The zero-order valence-electron chi connectivity index (χ0n) is 15.4. The Morgan fingerprint density at radius 1 is 1.31 bits per heavy atom. The third-order valence-electron chi connectivity index (χ3n) is 4.48. The summed E-state index contributed by atoms with van der Waals surface area (Å²) in [7, 11) is 1.80. The molecule has 1 aliphatic heterocycles. The number of halogens is 1. The molecule has 0 spiro atoms. The second-order valence-electron chi connectivity index (χ2n) is 6.31. The van der Waals surface area contributed by atoms with Gasteiger partial charge in [-0.3, -0.25) is 4.99 Å². The van der Waals surface area contributed by atoms with E-state index in [4.69, 9.17) is 4.74 Å². The molecular formula is C19H28IN5O. The summed E-state index contributed by atoms with van der Waals surface area (Å²) in [5, 5.41) is 6.73. The van der Waals surface area contributed by atoms with Crippen LogP contribution in [0.2, 0.25) is 0 Å². The smallest absolute Gasteiger partial charge is 0.191 e. The number of aryl methyl sites for hydroxylation is 2. The van der Waals surface area contributed by atoms with E-state index in [1.54, 1.807) is 7.05 Å². The molecular weight excluding hydrogens is 441 g/mol. The van der Waals surface area contributed by atoms with E-state index in [-0.39, 0.29) is 30.1 Å². The molecule has 7 heteroatoms. The van der Waals surface area contributed by atoms with Crippen molar-refractivity contribution < 1.29 is 4.74 Å². The minimum absolute atomic E-state index is 0. The number of unbranched alkanes of at least 4 members (excludes halogenated alkanes) is 1. The molecule has 0 aliphatic carbocycles. The topological polar surface area (TPSA) is 63.5 Å². The molecule has 2 aromatic rings. The van der Waals surface area contributed by atoms with E-state index < -0.39 is 0 Å². The van der Waals surface area contributed by atoms with Gasteiger partial charge in [-0.05, 0) is 31.4 Å². The van der Waals surface area contributed by atoms with Gasteiger partial charge in [-0.1, -0.05) is 18.2 Å². The number of nitrogens with one attached hydrogen (secondary N) is 2.